The first-order chi connectivity index (χ1) is 28.8. The van der Waals surface area contributed by atoms with Gasteiger partial charge in [0, 0.05) is 58.4 Å². The number of nitrogens with zero attached hydrogens (tertiary/aromatic N) is 2. The zero-order chi connectivity index (χ0) is 38.2. The Labute approximate surface area is 341 Å². The molecule has 3 heterocycles. The van der Waals surface area contributed by atoms with Gasteiger partial charge in [0.15, 0.2) is 8.07 Å². The molecule has 1 atom stereocenters. The SMILES string of the molecule is C1=CCC(n2c3ccccc3c3cc([Si](c4ccccc4)(c4ccccc4)c4cccc(-n5c6ccccc6c6ccc7sc8ccccc8c7c65)c4)ccc32)C=C1. The molecule has 0 saturated carbocycles. The van der Waals surface area contributed by atoms with Crippen LogP contribution in [0.15, 0.2) is 212 Å². The molecule has 11 aromatic rings. The van der Waals surface area contributed by atoms with Crippen LogP contribution in [0.5, 0.6) is 0 Å². The van der Waals surface area contributed by atoms with Crippen molar-refractivity contribution in [2.24, 2.45) is 0 Å². The Morgan fingerprint density at radius 2 is 1.09 bits per heavy atom. The number of hydrogen-bond donors (Lipinski definition) is 0. The summed E-state index contributed by atoms with van der Waals surface area (Å²) in [7, 11) is -2.94. The van der Waals surface area contributed by atoms with Gasteiger partial charge in [0.2, 0.25) is 0 Å². The number of para-hydroxylation sites is 2. The van der Waals surface area contributed by atoms with E-state index >= 15 is 0 Å². The van der Waals surface area contributed by atoms with E-state index in [4.69, 9.17) is 0 Å². The molecule has 8 aromatic carbocycles. The molecule has 274 valence electrons. The monoisotopic (exact) mass is 774 g/mol. The van der Waals surface area contributed by atoms with E-state index in [2.05, 4.69) is 221 Å². The molecule has 3 aromatic heterocycles. The largest absolute Gasteiger partial charge is 0.333 e. The average Bonchev–Trinajstić information content (AvgIpc) is 3.95. The first kappa shape index (κ1) is 33.4. The summed E-state index contributed by atoms with van der Waals surface area (Å²) in [4.78, 5) is 0. The number of aromatic nitrogens is 2. The molecule has 58 heavy (non-hydrogen) atoms. The molecule has 0 amide bonds. The van der Waals surface area contributed by atoms with Gasteiger partial charge >= 0.3 is 0 Å². The summed E-state index contributed by atoms with van der Waals surface area (Å²) in [6.07, 6.45) is 9.99. The third kappa shape index (κ3) is 4.83. The van der Waals surface area contributed by atoms with Crippen LogP contribution in [0, 0.1) is 0 Å². The van der Waals surface area contributed by atoms with Crippen LogP contribution >= 0.6 is 11.3 Å². The summed E-state index contributed by atoms with van der Waals surface area (Å²) < 4.78 is 7.75. The van der Waals surface area contributed by atoms with Crippen molar-refractivity contribution in [1.82, 2.24) is 9.13 Å². The highest BCUT2D eigenvalue weighted by Crippen LogP contribution is 2.43. The van der Waals surface area contributed by atoms with Gasteiger partial charge in [0.25, 0.3) is 0 Å². The molecule has 0 saturated heterocycles. The highest BCUT2D eigenvalue weighted by atomic mass is 32.1. The first-order valence-corrected chi connectivity index (χ1v) is 23.0. The molecule has 2 nitrogen and oxygen atoms in total. The highest BCUT2D eigenvalue weighted by Gasteiger charge is 2.42. The summed E-state index contributed by atoms with van der Waals surface area (Å²) in [5.41, 5.74) is 6.26. The van der Waals surface area contributed by atoms with Crippen LogP contribution in [0.1, 0.15) is 12.5 Å². The molecule has 0 radical (unpaired) electrons. The third-order valence-electron chi connectivity index (χ3n) is 12.6. The maximum absolute atomic E-state index is 2.94. The van der Waals surface area contributed by atoms with E-state index in [9.17, 15) is 0 Å². The summed E-state index contributed by atoms with van der Waals surface area (Å²) >= 11 is 1.89. The van der Waals surface area contributed by atoms with Crippen LogP contribution in [-0.4, -0.2) is 17.2 Å². The smallest absolute Gasteiger partial charge is 0.179 e. The summed E-state index contributed by atoms with van der Waals surface area (Å²) in [5.74, 6) is 0. The highest BCUT2D eigenvalue weighted by molar-refractivity contribution is 7.26. The van der Waals surface area contributed by atoms with E-state index < -0.39 is 8.07 Å². The number of fused-ring (bicyclic) bond motifs is 10. The number of allylic oxidation sites excluding steroid dienone is 4. The molecule has 0 fully saturated rings. The Bertz CT molecular complexity index is 3400. The van der Waals surface area contributed by atoms with Crippen LogP contribution in [0.4, 0.5) is 0 Å². The van der Waals surface area contributed by atoms with E-state index in [1.807, 2.05) is 11.3 Å². The molecule has 1 unspecified atom stereocenters. The average molecular weight is 775 g/mol. The van der Waals surface area contributed by atoms with E-state index in [-0.39, 0.29) is 6.04 Å². The van der Waals surface area contributed by atoms with E-state index in [1.165, 1.54) is 90.2 Å². The van der Waals surface area contributed by atoms with Crippen LogP contribution < -0.4 is 20.7 Å². The van der Waals surface area contributed by atoms with Crippen molar-refractivity contribution in [2.45, 2.75) is 12.5 Å². The Kier molecular flexibility index (Phi) is 7.59. The molecule has 0 bridgehead atoms. The molecular weight excluding hydrogens is 737 g/mol. The fraction of sp³-hybridized carbons (Fsp3) is 0.0370. The standard InChI is InChI=1S/C54H38N2SSi/c1-4-17-37(18-5-1)55-48-28-13-11-26-44(48)47-36-42(31-33-50(47)55)58(39-20-6-2-7-21-39,40-22-8-3-9-23-40)41-24-16-19-38(35-41)56-49-29-14-10-25-43(49)45-32-34-52-53(54(45)56)46-27-12-15-30-51(46)57-52/h1-17,19-37H,18H2. The minimum absolute atomic E-state index is 0.276. The van der Waals surface area contributed by atoms with Gasteiger partial charge in [0.1, 0.15) is 0 Å². The van der Waals surface area contributed by atoms with E-state index in [0.29, 0.717) is 0 Å². The van der Waals surface area contributed by atoms with Gasteiger partial charge < -0.3 is 9.13 Å². The Balaban J connectivity index is 1.18. The number of benzene rings is 8. The van der Waals surface area contributed by atoms with Crippen LogP contribution in [0.25, 0.3) is 69.5 Å². The molecule has 0 N–H and O–H groups in total. The van der Waals surface area contributed by atoms with Crippen molar-refractivity contribution in [3.63, 3.8) is 0 Å². The lowest BCUT2D eigenvalue weighted by Gasteiger charge is -2.35. The lowest BCUT2D eigenvalue weighted by molar-refractivity contribution is 0.648. The van der Waals surface area contributed by atoms with E-state index in [1.54, 1.807) is 0 Å². The van der Waals surface area contributed by atoms with Gasteiger partial charge in [-0.15, -0.1) is 11.3 Å². The van der Waals surface area contributed by atoms with Gasteiger partial charge in [0.05, 0.1) is 17.1 Å². The predicted octanol–water partition coefficient (Wildman–Crippen LogP) is 11.7. The number of thiophene rings is 1. The Hall–Kier alpha value is -6.72. The van der Waals surface area contributed by atoms with Crippen molar-refractivity contribution in [2.75, 3.05) is 0 Å². The maximum atomic E-state index is 2.56. The predicted molar refractivity (Wildman–Crippen MR) is 252 cm³/mol. The van der Waals surface area contributed by atoms with Crippen molar-refractivity contribution in [3.05, 3.63) is 212 Å². The van der Waals surface area contributed by atoms with Crippen molar-refractivity contribution in [1.29, 1.82) is 0 Å². The fourth-order valence-electron chi connectivity index (χ4n) is 10.1. The molecule has 0 aliphatic heterocycles. The minimum atomic E-state index is -2.94. The van der Waals surface area contributed by atoms with Crippen molar-refractivity contribution in [3.8, 4) is 5.69 Å². The quantitative estimate of drug-likeness (QED) is 0.118. The third-order valence-corrected chi connectivity index (χ3v) is 18.4. The number of rotatable bonds is 6. The fourth-order valence-corrected chi connectivity index (χ4v) is 16.0. The molecule has 4 heteroatoms. The second-order valence-corrected chi connectivity index (χ2v) is 20.4. The van der Waals surface area contributed by atoms with Crippen molar-refractivity contribution >= 4 is 104 Å². The normalized spacial score (nSPS) is 14.5. The zero-order valence-corrected chi connectivity index (χ0v) is 33.6. The van der Waals surface area contributed by atoms with E-state index in [0.717, 1.165) is 6.42 Å². The zero-order valence-electron chi connectivity index (χ0n) is 31.8. The van der Waals surface area contributed by atoms with Crippen LogP contribution in [-0.2, 0) is 0 Å². The lowest BCUT2D eigenvalue weighted by atomic mass is 10.1. The lowest BCUT2D eigenvalue weighted by Crippen LogP contribution is -2.74. The van der Waals surface area contributed by atoms with Crippen LogP contribution in [0.2, 0.25) is 0 Å². The summed E-state index contributed by atoms with van der Waals surface area (Å²) in [5, 5.41) is 13.3. The second kappa shape index (κ2) is 13.2. The maximum Gasteiger partial charge on any atom is 0.179 e. The second-order valence-electron chi connectivity index (χ2n) is 15.6. The van der Waals surface area contributed by atoms with Gasteiger partial charge in [-0.2, -0.15) is 0 Å². The molecule has 12 rings (SSSR count). The molecule has 1 aliphatic carbocycles. The summed E-state index contributed by atoms with van der Waals surface area (Å²) in [6, 6.07) is 71.4. The Morgan fingerprint density at radius 1 is 0.448 bits per heavy atom. The molecule has 1 aliphatic rings. The van der Waals surface area contributed by atoms with Crippen molar-refractivity contribution < 1.29 is 0 Å². The summed E-state index contributed by atoms with van der Waals surface area (Å²) in [6.45, 7) is 0. The topological polar surface area (TPSA) is 9.86 Å². The van der Waals surface area contributed by atoms with Gasteiger partial charge in [-0.05, 0) is 69.6 Å². The van der Waals surface area contributed by atoms with Gasteiger partial charge in [-0.25, -0.2) is 0 Å². The first-order valence-electron chi connectivity index (χ1n) is 20.2. The molecular formula is C54H38N2SSi. The van der Waals surface area contributed by atoms with Crippen LogP contribution in [0.3, 0.4) is 0 Å². The number of hydrogen-bond acceptors (Lipinski definition) is 1. The minimum Gasteiger partial charge on any atom is -0.333 e. The van der Waals surface area contributed by atoms with Gasteiger partial charge in [-0.3, -0.25) is 0 Å². The Morgan fingerprint density at radius 3 is 1.84 bits per heavy atom. The molecule has 0 spiro atoms. The van der Waals surface area contributed by atoms with Gasteiger partial charge in [-0.1, -0.05) is 170 Å².